The molecule has 0 aliphatic carbocycles. The lowest BCUT2D eigenvalue weighted by Gasteiger charge is -2.19. The number of rotatable bonds is 11. The van der Waals surface area contributed by atoms with Crippen molar-refractivity contribution in [3.63, 3.8) is 0 Å². The minimum absolute atomic E-state index is 0.122. The van der Waals surface area contributed by atoms with Crippen LogP contribution in [0.2, 0.25) is 0 Å². The minimum Gasteiger partial charge on any atom is -0.493 e. The van der Waals surface area contributed by atoms with E-state index in [1.54, 1.807) is 21.3 Å². The maximum atomic E-state index is 11.8. The zero-order valence-corrected chi connectivity index (χ0v) is 19.8. The maximum Gasteiger partial charge on any atom is 0.332 e. The number of hydrogen-bond acceptors (Lipinski definition) is 7. The topological polar surface area (TPSA) is 83.5 Å². The first-order valence-corrected chi connectivity index (χ1v) is 10.5. The van der Waals surface area contributed by atoms with E-state index in [2.05, 4.69) is 0 Å². The molecule has 2 aromatic carbocycles. The van der Waals surface area contributed by atoms with Gasteiger partial charge in [-0.2, -0.15) is 0 Å². The molecular formula is C25H34O7. The zero-order valence-electron chi connectivity index (χ0n) is 19.8. The second-order valence-corrected chi connectivity index (χ2v) is 8.37. The zero-order chi connectivity index (χ0) is 23.7. The number of aliphatic hydroxyl groups is 1. The summed E-state index contributed by atoms with van der Waals surface area (Å²) in [5.41, 5.74) is 2.03. The Balaban J connectivity index is 1.97. The Hall–Kier alpha value is -2.77. The van der Waals surface area contributed by atoms with Gasteiger partial charge in [-0.25, -0.2) is 4.79 Å². The lowest BCUT2D eigenvalue weighted by atomic mass is 9.99. The van der Waals surface area contributed by atoms with Gasteiger partial charge in [-0.3, -0.25) is 0 Å². The van der Waals surface area contributed by atoms with Crippen molar-refractivity contribution in [2.75, 3.05) is 27.9 Å². The van der Waals surface area contributed by atoms with Crippen molar-refractivity contribution >= 4 is 5.97 Å². The van der Waals surface area contributed by atoms with Crippen LogP contribution in [0.3, 0.4) is 0 Å². The fourth-order valence-electron chi connectivity index (χ4n) is 3.33. The first-order valence-electron chi connectivity index (χ1n) is 10.5. The van der Waals surface area contributed by atoms with Gasteiger partial charge in [0.25, 0.3) is 0 Å². The van der Waals surface area contributed by atoms with E-state index < -0.39 is 17.7 Å². The van der Waals surface area contributed by atoms with Gasteiger partial charge in [0.1, 0.15) is 12.2 Å². The second-order valence-electron chi connectivity index (χ2n) is 8.37. The molecule has 0 radical (unpaired) electrons. The van der Waals surface area contributed by atoms with Gasteiger partial charge in [0.05, 0.1) is 34.0 Å². The highest BCUT2D eigenvalue weighted by atomic mass is 16.6. The van der Waals surface area contributed by atoms with E-state index in [9.17, 15) is 9.90 Å². The van der Waals surface area contributed by atoms with Crippen LogP contribution in [0.15, 0.2) is 36.4 Å². The molecule has 0 saturated carbocycles. The lowest BCUT2D eigenvalue weighted by molar-refractivity contribution is -0.160. The molecule has 1 unspecified atom stereocenters. The Labute approximate surface area is 190 Å². The average molecular weight is 447 g/mol. The van der Waals surface area contributed by atoms with Gasteiger partial charge in [-0.15, -0.1) is 0 Å². The van der Waals surface area contributed by atoms with Crippen LogP contribution in [-0.2, 0) is 27.3 Å². The Kier molecular flexibility index (Phi) is 9.35. The van der Waals surface area contributed by atoms with E-state index in [-0.39, 0.29) is 13.2 Å². The highest BCUT2D eigenvalue weighted by molar-refractivity contribution is 5.71. The number of benzene rings is 2. The van der Waals surface area contributed by atoms with E-state index in [0.29, 0.717) is 30.1 Å². The molecule has 0 saturated heterocycles. The molecule has 0 heterocycles. The molecule has 0 aliphatic rings. The molecule has 0 spiro atoms. The van der Waals surface area contributed by atoms with Gasteiger partial charge < -0.3 is 28.8 Å². The first kappa shape index (κ1) is 25.5. The molecule has 7 heteroatoms. The average Bonchev–Trinajstić information content (AvgIpc) is 2.75. The Morgan fingerprint density at radius 3 is 2.34 bits per heavy atom. The predicted molar refractivity (Wildman–Crippen MR) is 121 cm³/mol. The summed E-state index contributed by atoms with van der Waals surface area (Å²) in [6, 6.07) is 11.2. The van der Waals surface area contributed by atoms with Crippen molar-refractivity contribution in [1.82, 2.24) is 0 Å². The Morgan fingerprint density at radius 2 is 1.72 bits per heavy atom. The maximum absolute atomic E-state index is 11.8. The summed E-state index contributed by atoms with van der Waals surface area (Å²) in [6.45, 7) is 5.57. The number of carbonyl (C=O) groups excluding carboxylic acids is 1. The number of esters is 1. The van der Waals surface area contributed by atoms with Crippen molar-refractivity contribution in [3.8, 4) is 17.2 Å². The molecule has 0 aromatic heterocycles. The number of ether oxygens (including phenoxy) is 5. The summed E-state index contributed by atoms with van der Waals surface area (Å²) < 4.78 is 27.0. The monoisotopic (exact) mass is 446 g/mol. The molecular weight excluding hydrogens is 412 g/mol. The normalized spacial score (nSPS) is 12.2. The van der Waals surface area contributed by atoms with Crippen LogP contribution in [0, 0.1) is 0 Å². The molecule has 2 rings (SSSR count). The Morgan fingerprint density at radius 1 is 1.00 bits per heavy atom. The van der Waals surface area contributed by atoms with Crippen LogP contribution in [0.5, 0.6) is 17.2 Å². The minimum atomic E-state index is -0.668. The molecule has 176 valence electrons. The van der Waals surface area contributed by atoms with Gasteiger partial charge in [0.15, 0.2) is 11.5 Å². The van der Waals surface area contributed by atoms with E-state index in [4.69, 9.17) is 23.7 Å². The van der Waals surface area contributed by atoms with E-state index in [0.717, 1.165) is 16.7 Å². The molecule has 7 nitrogen and oxygen atoms in total. The number of carbonyl (C=O) groups is 1. The summed E-state index contributed by atoms with van der Waals surface area (Å²) in [5, 5.41) is 10.7. The fourth-order valence-corrected chi connectivity index (χ4v) is 3.33. The lowest BCUT2D eigenvalue weighted by Crippen LogP contribution is -2.26. The van der Waals surface area contributed by atoms with Crippen LogP contribution in [0.1, 0.15) is 50.0 Å². The third-order valence-corrected chi connectivity index (χ3v) is 4.72. The van der Waals surface area contributed by atoms with E-state index in [1.807, 2.05) is 57.2 Å². The predicted octanol–water partition coefficient (Wildman–Crippen LogP) is 4.24. The van der Waals surface area contributed by atoms with Crippen molar-refractivity contribution < 1.29 is 33.6 Å². The van der Waals surface area contributed by atoms with Crippen LogP contribution in [0.4, 0.5) is 0 Å². The Bertz CT molecular complexity index is 886. The fraction of sp³-hybridized carbons (Fsp3) is 0.480. The van der Waals surface area contributed by atoms with Gasteiger partial charge >= 0.3 is 5.97 Å². The van der Waals surface area contributed by atoms with Gasteiger partial charge in [0, 0.05) is 0 Å². The van der Waals surface area contributed by atoms with Crippen LogP contribution in [0.25, 0.3) is 0 Å². The highest BCUT2D eigenvalue weighted by Crippen LogP contribution is 2.40. The number of methoxy groups -OCH3 is 3. The van der Waals surface area contributed by atoms with E-state index >= 15 is 0 Å². The van der Waals surface area contributed by atoms with Gasteiger partial charge in [0.2, 0.25) is 5.75 Å². The smallest absolute Gasteiger partial charge is 0.332 e. The molecule has 1 atom stereocenters. The summed E-state index contributed by atoms with van der Waals surface area (Å²) in [4.78, 5) is 11.8. The third-order valence-electron chi connectivity index (χ3n) is 4.72. The molecule has 0 bridgehead atoms. The molecule has 32 heavy (non-hydrogen) atoms. The number of aliphatic hydroxyl groups excluding tert-OH is 1. The molecule has 0 fully saturated rings. The summed E-state index contributed by atoms with van der Waals surface area (Å²) in [7, 11) is 4.72. The number of hydrogen-bond donors (Lipinski definition) is 1. The van der Waals surface area contributed by atoms with Crippen molar-refractivity contribution in [2.45, 2.75) is 51.9 Å². The van der Waals surface area contributed by atoms with Crippen molar-refractivity contribution in [1.29, 1.82) is 0 Å². The second kappa shape index (κ2) is 11.7. The van der Waals surface area contributed by atoms with Crippen LogP contribution in [-0.4, -0.2) is 44.6 Å². The molecule has 0 amide bonds. The summed E-state index contributed by atoms with van der Waals surface area (Å²) in [6.07, 6.45) is 0.414. The van der Waals surface area contributed by atoms with Crippen molar-refractivity contribution in [3.05, 3.63) is 53.1 Å². The van der Waals surface area contributed by atoms with Crippen molar-refractivity contribution in [2.24, 2.45) is 0 Å². The number of aryl methyl sites for hydroxylation is 1. The van der Waals surface area contributed by atoms with Gasteiger partial charge in [-0.05, 0) is 56.4 Å². The summed E-state index contributed by atoms with van der Waals surface area (Å²) >= 11 is 0. The molecule has 0 aliphatic heterocycles. The largest absolute Gasteiger partial charge is 0.493 e. The first-order chi connectivity index (χ1) is 15.2. The molecule has 1 N–H and O–H groups in total. The third kappa shape index (κ3) is 7.43. The SMILES string of the molecule is COc1ccc(CCC(O)c2cccc(COCC(=O)OC(C)(C)C)c2)c(OC)c1OC. The standard InChI is InChI=1S/C25H34O7/c1-25(2,3)32-22(27)16-31-15-17-8-7-9-19(14-17)20(26)12-10-18-11-13-21(28-4)24(30-6)23(18)29-5/h7-9,11,13-14,20,26H,10,12,15-16H2,1-6H3. The van der Waals surface area contributed by atoms with Crippen LogP contribution < -0.4 is 14.2 Å². The van der Waals surface area contributed by atoms with E-state index in [1.165, 1.54) is 0 Å². The van der Waals surface area contributed by atoms with Crippen LogP contribution >= 0.6 is 0 Å². The molecule has 2 aromatic rings. The quantitative estimate of drug-likeness (QED) is 0.517. The highest BCUT2D eigenvalue weighted by Gasteiger charge is 2.18. The van der Waals surface area contributed by atoms with Gasteiger partial charge in [-0.1, -0.05) is 30.3 Å². The summed E-state index contributed by atoms with van der Waals surface area (Å²) in [5.74, 6) is 1.32.